The zero-order valence-corrected chi connectivity index (χ0v) is 19.1. The number of hydrogen-bond donors (Lipinski definition) is 0. The van der Waals surface area contributed by atoms with E-state index >= 15 is 0 Å². The van der Waals surface area contributed by atoms with Crippen LogP contribution in [0.25, 0.3) is 0 Å². The van der Waals surface area contributed by atoms with E-state index in [0.717, 1.165) is 8.61 Å². The lowest BCUT2D eigenvalue weighted by molar-refractivity contribution is -0.123. The van der Waals surface area contributed by atoms with Gasteiger partial charge in [-0.15, -0.1) is 0 Å². The van der Waals surface area contributed by atoms with Crippen molar-refractivity contribution < 1.29 is 30.0 Å². The normalized spacial score (nSPS) is 25.6. The molecule has 29 heavy (non-hydrogen) atoms. The highest BCUT2D eigenvalue weighted by atomic mass is 32.2. The van der Waals surface area contributed by atoms with Crippen LogP contribution in [0.1, 0.15) is 25.8 Å². The van der Waals surface area contributed by atoms with E-state index in [2.05, 4.69) is 0 Å². The van der Waals surface area contributed by atoms with E-state index in [0.29, 0.717) is 0 Å². The van der Waals surface area contributed by atoms with Crippen LogP contribution in [0, 0.1) is 12.3 Å². The van der Waals surface area contributed by atoms with Crippen LogP contribution >= 0.6 is 0 Å². The van der Waals surface area contributed by atoms with E-state index < -0.39 is 47.2 Å². The Morgan fingerprint density at radius 1 is 1.17 bits per heavy atom. The third-order valence-corrected chi connectivity index (χ3v) is 11.2. The summed E-state index contributed by atoms with van der Waals surface area (Å²) in [5.41, 5.74) is -0.711. The molecule has 0 aromatic heterocycles. The first kappa shape index (κ1) is 22.2. The Kier molecular flexibility index (Phi) is 5.17. The van der Waals surface area contributed by atoms with Crippen LogP contribution in [0.15, 0.2) is 23.1 Å². The monoisotopic (exact) mass is 464 g/mol. The van der Waals surface area contributed by atoms with Gasteiger partial charge in [-0.3, -0.25) is 4.79 Å². The van der Waals surface area contributed by atoms with Crippen molar-refractivity contribution in [1.82, 2.24) is 4.31 Å². The molecular formula is C17H24N2O7S3. The molecular weight excluding hydrogens is 440 g/mol. The average Bonchev–Trinajstić information content (AvgIpc) is 2.99. The van der Waals surface area contributed by atoms with Crippen molar-refractivity contribution in [2.45, 2.75) is 38.1 Å². The number of anilines is 1. The molecule has 12 heteroatoms. The Labute approximate surface area is 171 Å². The van der Waals surface area contributed by atoms with Gasteiger partial charge in [0.25, 0.3) is 0 Å². The minimum Gasteiger partial charge on any atom is -0.273 e. The SMILES string of the molecule is Cc1cc(N2C(=O)C(C)(C)CS2(=O)=O)ccc1S(=O)(=O)N(C)C1CCS(=O)(=O)C1. The zero-order chi connectivity index (χ0) is 22.0. The van der Waals surface area contributed by atoms with Crippen molar-refractivity contribution in [3.63, 3.8) is 0 Å². The topological polar surface area (TPSA) is 126 Å². The predicted octanol–water partition coefficient (Wildman–Crippen LogP) is 0.505. The molecule has 2 fully saturated rings. The fourth-order valence-corrected chi connectivity index (χ4v) is 9.28. The number of carbonyl (C=O) groups excluding carboxylic acids is 1. The molecule has 0 N–H and O–H groups in total. The smallest absolute Gasteiger partial charge is 0.247 e. The van der Waals surface area contributed by atoms with Gasteiger partial charge < -0.3 is 0 Å². The van der Waals surface area contributed by atoms with E-state index in [1.54, 1.807) is 13.8 Å². The van der Waals surface area contributed by atoms with Gasteiger partial charge in [0, 0.05) is 13.1 Å². The zero-order valence-electron chi connectivity index (χ0n) is 16.6. The van der Waals surface area contributed by atoms with Crippen LogP contribution in [-0.4, -0.2) is 65.8 Å². The Balaban J connectivity index is 1.97. The molecule has 2 heterocycles. The second kappa shape index (κ2) is 6.76. The lowest BCUT2D eigenvalue weighted by Gasteiger charge is -2.24. The van der Waals surface area contributed by atoms with E-state index in [1.165, 1.54) is 32.2 Å². The molecule has 1 amide bonds. The first-order valence-electron chi connectivity index (χ1n) is 8.95. The van der Waals surface area contributed by atoms with Crippen LogP contribution < -0.4 is 4.31 Å². The van der Waals surface area contributed by atoms with E-state index in [9.17, 15) is 30.0 Å². The van der Waals surface area contributed by atoms with Crippen molar-refractivity contribution in [1.29, 1.82) is 0 Å². The highest BCUT2D eigenvalue weighted by Gasteiger charge is 2.50. The Bertz CT molecular complexity index is 1190. The largest absolute Gasteiger partial charge is 0.273 e. The average molecular weight is 465 g/mol. The molecule has 0 aliphatic carbocycles. The molecule has 0 bridgehead atoms. The van der Waals surface area contributed by atoms with Crippen LogP contribution in [0.3, 0.4) is 0 Å². The number of sulfonamides is 2. The molecule has 2 aliphatic rings. The van der Waals surface area contributed by atoms with E-state index in [4.69, 9.17) is 0 Å². The van der Waals surface area contributed by atoms with Crippen LogP contribution in [-0.2, 0) is 34.7 Å². The predicted molar refractivity (Wildman–Crippen MR) is 108 cm³/mol. The molecule has 0 saturated carbocycles. The molecule has 0 radical (unpaired) electrons. The minimum atomic E-state index is -3.99. The first-order valence-corrected chi connectivity index (χ1v) is 13.8. The summed E-state index contributed by atoms with van der Waals surface area (Å²) in [6, 6.07) is 3.25. The van der Waals surface area contributed by atoms with Gasteiger partial charge >= 0.3 is 0 Å². The second-order valence-electron chi connectivity index (χ2n) is 8.24. The van der Waals surface area contributed by atoms with Gasteiger partial charge in [0.1, 0.15) is 0 Å². The Morgan fingerprint density at radius 2 is 1.79 bits per heavy atom. The van der Waals surface area contributed by atoms with Gasteiger partial charge in [0.2, 0.25) is 26.0 Å². The van der Waals surface area contributed by atoms with Gasteiger partial charge in [0.15, 0.2) is 9.84 Å². The summed E-state index contributed by atoms with van der Waals surface area (Å²) in [4.78, 5) is 12.5. The van der Waals surface area contributed by atoms with Gasteiger partial charge in [-0.25, -0.2) is 29.6 Å². The lowest BCUT2D eigenvalue weighted by atomic mass is 9.95. The molecule has 1 aromatic carbocycles. The number of aryl methyl sites for hydroxylation is 1. The molecule has 162 valence electrons. The van der Waals surface area contributed by atoms with Gasteiger partial charge in [-0.1, -0.05) is 0 Å². The summed E-state index contributed by atoms with van der Waals surface area (Å²) in [5.74, 6) is -1.17. The van der Waals surface area contributed by atoms with E-state index in [1.807, 2.05) is 0 Å². The number of amides is 1. The maximum Gasteiger partial charge on any atom is 0.247 e. The highest BCUT2D eigenvalue weighted by Crippen LogP contribution is 2.37. The van der Waals surface area contributed by atoms with Crippen LogP contribution in [0.2, 0.25) is 0 Å². The summed E-state index contributed by atoms with van der Waals surface area (Å²) < 4.78 is 76.1. The number of sulfone groups is 1. The maximum absolute atomic E-state index is 13.0. The van der Waals surface area contributed by atoms with Gasteiger partial charge in [0.05, 0.1) is 33.3 Å². The summed E-state index contributed by atoms with van der Waals surface area (Å²) >= 11 is 0. The van der Waals surface area contributed by atoms with Gasteiger partial charge in [-0.05, 0) is 51.0 Å². The molecule has 1 atom stereocenters. The lowest BCUT2D eigenvalue weighted by Crippen LogP contribution is -2.38. The maximum atomic E-state index is 13.0. The fraction of sp³-hybridized carbons (Fsp3) is 0.588. The van der Waals surface area contributed by atoms with Gasteiger partial charge in [-0.2, -0.15) is 4.31 Å². The number of benzene rings is 1. The first-order chi connectivity index (χ1) is 13.1. The molecule has 1 aromatic rings. The number of hydrogen-bond acceptors (Lipinski definition) is 7. The minimum absolute atomic E-state index is 0.0554. The fourth-order valence-electron chi connectivity index (χ4n) is 3.72. The van der Waals surface area contributed by atoms with Crippen LogP contribution in [0.4, 0.5) is 5.69 Å². The molecule has 3 rings (SSSR count). The van der Waals surface area contributed by atoms with Crippen molar-refractivity contribution in [2.24, 2.45) is 5.41 Å². The molecule has 2 saturated heterocycles. The third-order valence-electron chi connectivity index (χ3n) is 5.36. The third kappa shape index (κ3) is 3.82. The number of nitrogens with zero attached hydrogens (tertiary/aromatic N) is 2. The van der Waals surface area contributed by atoms with Crippen molar-refractivity contribution >= 4 is 41.5 Å². The summed E-state index contributed by atoms with van der Waals surface area (Å²) in [6.45, 7) is 4.60. The summed E-state index contributed by atoms with van der Waals surface area (Å²) in [7, 11) is -9.76. The summed E-state index contributed by atoms with van der Waals surface area (Å²) in [5, 5.41) is 0. The van der Waals surface area contributed by atoms with Crippen molar-refractivity contribution in [3.8, 4) is 0 Å². The highest BCUT2D eigenvalue weighted by molar-refractivity contribution is 7.94. The van der Waals surface area contributed by atoms with Crippen molar-refractivity contribution in [2.75, 3.05) is 28.6 Å². The number of rotatable bonds is 4. The second-order valence-corrected chi connectivity index (χ2v) is 14.2. The van der Waals surface area contributed by atoms with E-state index in [-0.39, 0.29) is 39.8 Å². The van der Waals surface area contributed by atoms with Crippen LogP contribution in [0.5, 0.6) is 0 Å². The Hall–Kier alpha value is -1.50. The van der Waals surface area contributed by atoms with Crippen molar-refractivity contribution in [3.05, 3.63) is 23.8 Å². The Morgan fingerprint density at radius 3 is 2.24 bits per heavy atom. The summed E-state index contributed by atoms with van der Waals surface area (Å²) in [6.07, 6.45) is 0.227. The molecule has 1 unspecified atom stereocenters. The molecule has 9 nitrogen and oxygen atoms in total. The molecule has 0 spiro atoms. The number of carbonyl (C=O) groups is 1. The molecule has 2 aliphatic heterocycles. The standard InChI is InChI=1S/C17H24N2O7S3/c1-12-9-13(19-16(20)17(2,3)11-28(19,23)24)5-6-15(12)29(25,26)18(4)14-7-8-27(21,22)10-14/h5-6,9,14H,7-8,10-11H2,1-4H3. The quantitative estimate of drug-likeness (QED) is 0.635.